The van der Waals surface area contributed by atoms with Gasteiger partial charge in [-0.1, -0.05) is 6.07 Å². The monoisotopic (exact) mass is 447 g/mol. The number of nitrogens with zero attached hydrogens (tertiary/aromatic N) is 3. The van der Waals surface area contributed by atoms with Crippen LogP contribution >= 0.6 is 11.8 Å². The molecule has 0 spiro atoms. The van der Waals surface area contributed by atoms with Crippen molar-refractivity contribution in [1.82, 2.24) is 4.98 Å². The van der Waals surface area contributed by atoms with Gasteiger partial charge >= 0.3 is 0 Å². The van der Waals surface area contributed by atoms with Gasteiger partial charge in [-0.3, -0.25) is 0 Å². The zero-order valence-corrected chi connectivity index (χ0v) is 19.1. The molecule has 2 aromatic carbocycles. The zero-order valence-electron chi connectivity index (χ0n) is 18.3. The van der Waals surface area contributed by atoms with Crippen LogP contribution in [0.3, 0.4) is 0 Å². The van der Waals surface area contributed by atoms with E-state index in [1.54, 1.807) is 18.9 Å². The minimum Gasteiger partial charge on any atom is -0.497 e. The van der Waals surface area contributed by atoms with E-state index in [1.165, 1.54) is 0 Å². The Kier molecular flexibility index (Phi) is 6.01. The highest BCUT2D eigenvalue weighted by atomic mass is 32.2. The summed E-state index contributed by atoms with van der Waals surface area (Å²) in [5.41, 5.74) is 15.6. The van der Waals surface area contributed by atoms with Gasteiger partial charge in [0.05, 0.1) is 23.6 Å². The van der Waals surface area contributed by atoms with E-state index in [0.29, 0.717) is 22.9 Å². The van der Waals surface area contributed by atoms with E-state index in [9.17, 15) is 5.26 Å². The quantitative estimate of drug-likeness (QED) is 0.545. The summed E-state index contributed by atoms with van der Waals surface area (Å²) in [6.07, 6.45) is 0. The molecule has 0 fully saturated rings. The highest BCUT2D eigenvalue weighted by Gasteiger charge is 2.34. The van der Waals surface area contributed by atoms with Gasteiger partial charge in [0.2, 0.25) is 5.88 Å². The number of nitrogens with two attached hydrogens (primary N) is 2. The molecule has 0 bridgehead atoms. The van der Waals surface area contributed by atoms with Crippen molar-refractivity contribution >= 4 is 29.0 Å². The fourth-order valence-electron chi connectivity index (χ4n) is 3.85. The first-order valence-corrected chi connectivity index (χ1v) is 11.2. The van der Waals surface area contributed by atoms with Crippen molar-refractivity contribution in [3.8, 4) is 23.4 Å². The zero-order chi connectivity index (χ0) is 22.8. The summed E-state index contributed by atoms with van der Waals surface area (Å²) in [6.45, 7) is 6.01. The Labute approximate surface area is 191 Å². The lowest BCUT2D eigenvalue weighted by Gasteiger charge is -2.30. The number of pyridine rings is 1. The minimum atomic E-state index is -0.215. The van der Waals surface area contributed by atoms with Gasteiger partial charge in [0.1, 0.15) is 28.9 Å². The summed E-state index contributed by atoms with van der Waals surface area (Å²) in [6, 6.07) is 16.1. The van der Waals surface area contributed by atoms with Crippen LogP contribution in [0.1, 0.15) is 35.8 Å². The van der Waals surface area contributed by atoms with Gasteiger partial charge < -0.3 is 25.8 Å². The van der Waals surface area contributed by atoms with Gasteiger partial charge in [-0.2, -0.15) is 10.2 Å². The van der Waals surface area contributed by atoms with Crippen molar-refractivity contribution in [2.75, 3.05) is 36.6 Å². The normalized spacial score (nSPS) is 14.0. The Balaban J connectivity index is 1.85. The molecule has 0 saturated heterocycles. The molecule has 4 rings (SSSR count). The summed E-state index contributed by atoms with van der Waals surface area (Å²) in [5.74, 6) is 1.91. The number of hydrogen-bond acceptors (Lipinski definition) is 8. The molecule has 4 N–H and O–H groups in total. The Bertz CT molecular complexity index is 1190. The van der Waals surface area contributed by atoms with E-state index in [4.69, 9.17) is 20.9 Å². The van der Waals surface area contributed by atoms with Crippen molar-refractivity contribution in [2.45, 2.75) is 24.0 Å². The van der Waals surface area contributed by atoms with Crippen LogP contribution in [0.15, 0.2) is 47.4 Å². The van der Waals surface area contributed by atoms with Gasteiger partial charge in [-0.05, 0) is 44.2 Å². The van der Waals surface area contributed by atoms with Crippen LogP contribution in [0.5, 0.6) is 17.4 Å². The van der Waals surface area contributed by atoms with Gasteiger partial charge in [-0.25, -0.2) is 0 Å². The van der Waals surface area contributed by atoms with Crippen molar-refractivity contribution in [3.63, 3.8) is 0 Å². The lowest BCUT2D eigenvalue weighted by Crippen LogP contribution is -2.22. The smallest absolute Gasteiger partial charge is 0.228 e. The highest BCUT2D eigenvalue weighted by molar-refractivity contribution is 7.99. The molecule has 8 heteroatoms. The lowest BCUT2D eigenvalue weighted by molar-refractivity contribution is 0.414. The van der Waals surface area contributed by atoms with E-state index >= 15 is 0 Å². The van der Waals surface area contributed by atoms with Crippen LogP contribution in [-0.2, 0) is 0 Å². The highest BCUT2D eigenvalue weighted by Crippen LogP contribution is 2.54. The molecule has 164 valence electrons. The number of nitrogen functional groups attached to an aromatic ring is 2. The molecule has 1 atom stereocenters. The van der Waals surface area contributed by atoms with Gasteiger partial charge in [0.15, 0.2) is 0 Å². The molecule has 0 radical (unpaired) electrons. The third-order valence-corrected chi connectivity index (χ3v) is 6.84. The van der Waals surface area contributed by atoms with Crippen LogP contribution in [0, 0.1) is 11.3 Å². The molecule has 0 saturated carbocycles. The maximum absolute atomic E-state index is 9.56. The number of aromatic nitrogens is 1. The molecule has 0 aliphatic carbocycles. The van der Waals surface area contributed by atoms with Crippen molar-refractivity contribution in [1.29, 1.82) is 5.26 Å². The first-order valence-electron chi connectivity index (χ1n) is 10.4. The van der Waals surface area contributed by atoms with Gasteiger partial charge in [-0.15, -0.1) is 11.8 Å². The molecule has 1 aliphatic rings. The second-order valence-corrected chi connectivity index (χ2v) is 8.46. The average molecular weight is 448 g/mol. The summed E-state index contributed by atoms with van der Waals surface area (Å²) < 4.78 is 11.5. The molecule has 0 amide bonds. The van der Waals surface area contributed by atoms with Crippen LogP contribution in [-0.4, -0.2) is 25.2 Å². The Morgan fingerprint density at radius 3 is 2.50 bits per heavy atom. The first kappa shape index (κ1) is 21.7. The molecule has 1 unspecified atom stereocenters. The van der Waals surface area contributed by atoms with E-state index in [-0.39, 0.29) is 16.6 Å². The van der Waals surface area contributed by atoms with Crippen LogP contribution in [0.25, 0.3) is 0 Å². The fraction of sp³-hybridized carbons (Fsp3) is 0.250. The predicted octanol–water partition coefficient (Wildman–Crippen LogP) is 4.96. The molecular weight excluding hydrogens is 422 g/mol. The SMILES string of the molecule is CCN(CC)c1ccc2c(c1)Oc1nc(N)c(C#N)c(N)c1C2Sc1ccc(OC)cc1. The van der Waals surface area contributed by atoms with E-state index in [1.807, 2.05) is 30.3 Å². The number of methoxy groups -OCH3 is 1. The number of nitriles is 1. The first-order chi connectivity index (χ1) is 15.5. The number of hydrogen-bond donors (Lipinski definition) is 2. The number of ether oxygens (including phenoxy) is 2. The Hall–Kier alpha value is -3.57. The molecule has 32 heavy (non-hydrogen) atoms. The van der Waals surface area contributed by atoms with Crippen molar-refractivity contribution in [2.24, 2.45) is 0 Å². The summed E-state index contributed by atoms with van der Waals surface area (Å²) in [7, 11) is 1.64. The Morgan fingerprint density at radius 2 is 1.88 bits per heavy atom. The lowest BCUT2D eigenvalue weighted by atomic mass is 9.98. The standard InChI is InChI=1S/C24H25N5O2S/c1-4-29(5-2)14-6-11-17-19(12-14)31-24-20(21(26)18(13-25)23(27)28-24)22(17)32-16-9-7-15(30-3)8-10-16/h6-12,22H,4-5H2,1-3H3,(H4,26,27,28). The summed E-state index contributed by atoms with van der Waals surface area (Å²) in [5, 5.41) is 9.35. The number of anilines is 3. The Morgan fingerprint density at radius 1 is 1.16 bits per heavy atom. The molecule has 2 heterocycles. The van der Waals surface area contributed by atoms with Crippen molar-refractivity contribution in [3.05, 3.63) is 59.2 Å². The molecule has 1 aromatic heterocycles. The minimum absolute atomic E-state index is 0.0697. The van der Waals surface area contributed by atoms with Gasteiger partial charge in [0.25, 0.3) is 0 Å². The molecule has 7 nitrogen and oxygen atoms in total. The van der Waals surface area contributed by atoms with Crippen LogP contribution in [0.4, 0.5) is 17.2 Å². The maximum atomic E-state index is 9.56. The maximum Gasteiger partial charge on any atom is 0.228 e. The van der Waals surface area contributed by atoms with Crippen LogP contribution < -0.4 is 25.8 Å². The van der Waals surface area contributed by atoms with E-state index < -0.39 is 0 Å². The third-order valence-electron chi connectivity index (χ3n) is 5.57. The second kappa shape index (κ2) is 8.89. The topological polar surface area (TPSA) is 110 Å². The van der Waals surface area contributed by atoms with E-state index in [2.05, 4.69) is 41.9 Å². The second-order valence-electron chi connectivity index (χ2n) is 7.29. The number of thioether (sulfide) groups is 1. The van der Waals surface area contributed by atoms with Crippen LogP contribution in [0.2, 0.25) is 0 Å². The molecule has 3 aromatic rings. The predicted molar refractivity (Wildman–Crippen MR) is 129 cm³/mol. The molecular formula is C24H25N5O2S. The van der Waals surface area contributed by atoms with Gasteiger partial charge in [0, 0.05) is 35.3 Å². The summed E-state index contributed by atoms with van der Waals surface area (Å²) in [4.78, 5) is 7.66. The summed E-state index contributed by atoms with van der Waals surface area (Å²) >= 11 is 1.61. The average Bonchev–Trinajstić information content (AvgIpc) is 2.80. The van der Waals surface area contributed by atoms with Crippen molar-refractivity contribution < 1.29 is 9.47 Å². The third kappa shape index (κ3) is 3.76. The van der Waals surface area contributed by atoms with E-state index in [0.717, 1.165) is 35.0 Å². The fourth-order valence-corrected chi connectivity index (χ4v) is 5.08. The number of fused-ring (bicyclic) bond motifs is 2. The number of rotatable bonds is 6. The largest absolute Gasteiger partial charge is 0.497 e. The number of benzene rings is 2. The molecule has 1 aliphatic heterocycles.